The summed E-state index contributed by atoms with van der Waals surface area (Å²) < 4.78 is 0. The highest BCUT2D eigenvalue weighted by atomic mass is 16.2. The molecule has 1 aliphatic rings. The molecule has 1 aliphatic carbocycles. The maximum atomic E-state index is 12.7. The minimum absolute atomic E-state index is 0.0372. The van der Waals surface area contributed by atoms with Gasteiger partial charge in [-0.25, -0.2) is 0 Å². The first kappa shape index (κ1) is 18.9. The van der Waals surface area contributed by atoms with Crippen molar-refractivity contribution >= 4 is 23.3 Å². The Morgan fingerprint density at radius 1 is 1.19 bits per heavy atom. The van der Waals surface area contributed by atoms with Crippen LogP contribution in [0.3, 0.4) is 0 Å². The SMILES string of the molecule is CCC(=O)Nc1ccc(C(C)NC(=O)c2[nH]c3c(c2C)C(=O)CCC3)cc1. The van der Waals surface area contributed by atoms with Gasteiger partial charge in [0.25, 0.3) is 5.91 Å². The first-order valence-corrected chi connectivity index (χ1v) is 9.36. The lowest BCUT2D eigenvalue weighted by atomic mass is 9.94. The number of benzene rings is 1. The summed E-state index contributed by atoms with van der Waals surface area (Å²) >= 11 is 0. The molecule has 1 unspecified atom stereocenters. The molecule has 3 rings (SSSR count). The zero-order valence-corrected chi connectivity index (χ0v) is 15.9. The molecule has 1 aromatic heterocycles. The Labute approximate surface area is 158 Å². The number of carbonyl (C=O) groups is 3. The van der Waals surface area contributed by atoms with E-state index in [9.17, 15) is 14.4 Å². The summed E-state index contributed by atoms with van der Waals surface area (Å²) in [5.41, 5.74) is 4.43. The zero-order chi connectivity index (χ0) is 19.6. The van der Waals surface area contributed by atoms with Crippen molar-refractivity contribution in [2.75, 3.05) is 5.32 Å². The predicted molar refractivity (Wildman–Crippen MR) is 104 cm³/mol. The number of hydrogen-bond donors (Lipinski definition) is 3. The number of anilines is 1. The van der Waals surface area contributed by atoms with Gasteiger partial charge in [-0.1, -0.05) is 19.1 Å². The van der Waals surface area contributed by atoms with Gasteiger partial charge in [0, 0.05) is 29.8 Å². The normalized spacial score (nSPS) is 14.4. The highest BCUT2D eigenvalue weighted by Crippen LogP contribution is 2.27. The van der Waals surface area contributed by atoms with Crippen molar-refractivity contribution in [3.8, 4) is 0 Å². The maximum absolute atomic E-state index is 12.7. The number of ketones is 1. The van der Waals surface area contributed by atoms with E-state index in [2.05, 4.69) is 15.6 Å². The maximum Gasteiger partial charge on any atom is 0.268 e. The highest BCUT2D eigenvalue weighted by Gasteiger charge is 2.26. The predicted octanol–water partition coefficient (Wildman–Crippen LogP) is 3.68. The van der Waals surface area contributed by atoms with Crippen LogP contribution >= 0.6 is 0 Å². The molecule has 0 saturated carbocycles. The topological polar surface area (TPSA) is 91.1 Å². The van der Waals surface area contributed by atoms with Crippen LogP contribution in [-0.4, -0.2) is 22.6 Å². The molecule has 0 bridgehead atoms. The average Bonchev–Trinajstić information content (AvgIpc) is 3.00. The molecular formula is C21H25N3O3. The van der Waals surface area contributed by atoms with Gasteiger partial charge < -0.3 is 15.6 Å². The fourth-order valence-corrected chi connectivity index (χ4v) is 3.46. The van der Waals surface area contributed by atoms with Gasteiger partial charge in [0.05, 0.1) is 6.04 Å². The molecule has 1 aromatic carbocycles. The minimum atomic E-state index is -0.217. The van der Waals surface area contributed by atoms with Crippen molar-refractivity contribution in [2.24, 2.45) is 0 Å². The van der Waals surface area contributed by atoms with E-state index < -0.39 is 0 Å². The van der Waals surface area contributed by atoms with Gasteiger partial charge in [-0.15, -0.1) is 0 Å². The third-order valence-corrected chi connectivity index (χ3v) is 5.03. The van der Waals surface area contributed by atoms with Crippen LogP contribution in [0, 0.1) is 6.92 Å². The van der Waals surface area contributed by atoms with Crippen LogP contribution < -0.4 is 10.6 Å². The van der Waals surface area contributed by atoms with Crippen LogP contribution in [0.2, 0.25) is 0 Å². The molecule has 1 atom stereocenters. The average molecular weight is 367 g/mol. The Morgan fingerprint density at radius 2 is 1.89 bits per heavy atom. The standard InChI is InChI=1S/C21H25N3O3/c1-4-18(26)23-15-10-8-14(9-11-15)13(3)22-21(27)20-12(2)19-16(24-20)6-5-7-17(19)25/h8-11,13,24H,4-7H2,1-3H3,(H,22,27)(H,23,26). The second kappa shape index (κ2) is 7.78. The largest absolute Gasteiger partial charge is 0.354 e. The van der Waals surface area contributed by atoms with Crippen molar-refractivity contribution in [3.63, 3.8) is 0 Å². The monoisotopic (exact) mass is 367 g/mol. The molecule has 2 aromatic rings. The zero-order valence-electron chi connectivity index (χ0n) is 15.9. The third kappa shape index (κ3) is 3.94. The lowest BCUT2D eigenvalue weighted by Gasteiger charge is -2.15. The molecule has 0 spiro atoms. The molecule has 2 amide bonds. The fourth-order valence-electron chi connectivity index (χ4n) is 3.46. The fraction of sp³-hybridized carbons (Fsp3) is 0.381. The second-order valence-electron chi connectivity index (χ2n) is 6.97. The van der Waals surface area contributed by atoms with Crippen molar-refractivity contribution < 1.29 is 14.4 Å². The molecule has 0 radical (unpaired) electrons. The van der Waals surface area contributed by atoms with E-state index in [-0.39, 0.29) is 23.6 Å². The van der Waals surface area contributed by atoms with E-state index >= 15 is 0 Å². The molecule has 6 heteroatoms. The van der Waals surface area contributed by atoms with E-state index in [1.165, 1.54) is 0 Å². The summed E-state index contributed by atoms with van der Waals surface area (Å²) in [6, 6.07) is 7.20. The molecular weight excluding hydrogens is 342 g/mol. The molecule has 0 aliphatic heterocycles. The number of carbonyl (C=O) groups excluding carboxylic acids is 3. The van der Waals surface area contributed by atoms with Gasteiger partial charge in [-0.2, -0.15) is 0 Å². The van der Waals surface area contributed by atoms with Gasteiger partial charge in [-0.3, -0.25) is 14.4 Å². The van der Waals surface area contributed by atoms with E-state index in [1.54, 1.807) is 6.92 Å². The van der Waals surface area contributed by atoms with E-state index in [4.69, 9.17) is 0 Å². The molecule has 0 saturated heterocycles. The second-order valence-corrected chi connectivity index (χ2v) is 6.97. The smallest absolute Gasteiger partial charge is 0.268 e. The molecule has 6 nitrogen and oxygen atoms in total. The minimum Gasteiger partial charge on any atom is -0.354 e. The third-order valence-electron chi connectivity index (χ3n) is 5.03. The summed E-state index contributed by atoms with van der Waals surface area (Å²) in [7, 11) is 0. The summed E-state index contributed by atoms with van der Waals surface area (Å²) in [5, 5.41) is 5.78. The first-order valence-electron chi connectivity index (χ1n) is 9.36. The number of hydrogen-bond acceptors (Lipinski definition) is 3. The quantitative estimate of drug-likeness (QED) is 0.753. The Bertz CT molecular complexity index is 881. The molecule has 27 heavy (non-hydrogen) atoms. The van der Waals surface area contributed by atoms with E-state index in [0.29, 0.717) is 24.1 Å². The van der Waals surface area contributed by atoms with Gasteiger partial charge in [0.1, 0.15) is 5.69 Å². The number of amides is 2. The highest BCUT2D eigenvalue weighted by molar-refractivity contribution is 6.04. The number of aryl methyl sites for hydroxylation is 1. The summed E-state index contributed by atoms with van der Waals surface area (Å²) in [6.07, 6.45) is 2.60. The number of nitrogens with one attached hydrogen (secondary N) is 3. The van der Waals surface area contributed by atoms with E-state index in [0.717, 1.165) is 35.3 Å². The van der Waals surface area contributed by atoms with Gasteiger partial charge >= 0.3 is 0 Å². The number of rotatable bonds is 5. The van der Waals surface area contributed by atoms with Crippen LogP contribution in [0.5, 0.6) is 0 Å². The Hall–Kier alpha value is -2.89. The number of fused-ring (bicyclic) bond motifs is 1. The number of aromatic nitrogens is 1. The molecule has 0 fully saturated rings. The van der Waals surface area contributed by atoms with Crippen LogP contribution in [0.15, 0.2) is 24.3 Å². The number of aromatic amines is 1. The van der Waals surface area contributed by atoms with Crippen molar-refractivity contribution in [1.82, 2.24) is 10.3 Å². The summed E-state index contributed by atoms with van der Waals surface area (Å²) in [5.74, 6) is -0.141. The van der Waals surface area contributed by atoms with Crippen LogP contribution in [0.1, 0.15) is 76.8 Å². The molecule has 1 heterocycles. The number of Topliss-reactive ketones (excluding diaryl/α,β-unsaturated/α-hetero) is 1. The first-order chi connectivity index (χ1) is 12.9. The van der Waals surface area contributed by atoms with Crippen molar-refractivity contribution in [2.45, 2.75) is 52.5 Å². The van der Waals surface area contributed by atoms with Gasteiger partial charge in [-0.05, 0) is 49.9 Å². The van der Waals surface area contributed by atoms with Crippen LogP contribution in [0.4, 0.5) is 5.69 Å². The van der Waals surface area contributed by atoms with Gasteiger partial charge in [0.15, 0.2) is 5.78 Å². The summed E-state index contributed by atoms with van der Waals surface area (Å²) in [4.78, 5) is 39.4. The molecule has 3 N–H and O–H groups in total. The van der Waals surface area contributed by atoms with Gasteiger partial charge in [0.2, 0.25) is 5.91 Å². The van der Waals surface area contributed by atoms with Crippen LogP contribution in [0.25, 0.3) is 0 Å². The Kier molecular flexibility index (Phi) is 5.44. The lowest BCUT2D eigenvalue weighted by Crippen LogP contribution is -2.27. The van der Waals surface area contributed by atoms with Crippen molar-refractivity contribution in [3.05, 3.63) is 52.3 Å². The molecule has 142 valence electrons. The summed E-state index contributed by atoms with van der Waals surface area (Å²) in [6.45, 7) is 5.53. The lowest BCUT2D eigenvalue weighted by molar-refractivity contribution is -0.115. The van der Waals surface area contributed by atoms with Crippen molar-refractivity contribution in [1.29, 1.82) is 0 Å². The Morgan fingerprint density at radius 3 is 2.52 bits per heavy atom. The Balaban J connectivity index is 1.71. The van der Waals surface area contributed by atoms with Crippen LogP contribution in [-0.2, 0) is 11.2 Å². The number of H-pyrrole nitrogens is 1. The van der Waals surface area contributed by atoms with E-state index in [1.807, 2.05) is 38.1 Å².